The molecule has 0 radical (unpaired) electrons. The van der Waals surface area contributed by atoms with Gasteiger partial charge >= 0.3 is 11.9 Å². The number of nitrogens with one attached hydrogen (secondary N) is 2. The van der Waals surface area contributed by atoms with E-state index in [9.17, 15) is 14.4 Å². The summed E-state index contributed by atoms with van der Waals surface area (Å²) in [6.07, 6.45) is 0.549. The maximum absolute atomic E-state index is 11.8. The quantitative estimate of drug-likeness (QED) is 0.206. The number of carbonyl (C=O) groups is 3. The Hall–Kier alpha value is -3.30. The zero-order valence-corrected chi connectivity index (χ0v) is 21.0. The first kappa shape index (κ1) is 26.9. The maximum atomic E-state index is 11.8. The number of esters is 2. The van der Waals surface area contributed by atoms with E-state index in [1.165, 1.54) is 0 Å². The molecule has 7 nitrogen and oxygen atoms in total. The molecule has 3 aromatic rings. The van der Waals surface area contributed by atoms with Crippen molar-refractivity contribution in [3.8, 4) is 10.4 Å². The van der Waals surface area contributed by atoms with Crippen LogP contribution in [0.2, 0.25) is 0 Å². The van der Waals surface area contributed by atoms with Crippen LogP contribution in [0.3, 0.4) is 0 Å². The summed E-state index contributed by atoms with van der Waals surface area (Å²) >= 11 is 3.10. The van der Waals surface area contributed by atoms with Crippen LogP contribution in [0.5, 0.6) is 0 Å². The van der Waals surface area contributed by atoms with Gasteiger partial charge in [0.15, 0.2) is 6.29 Å². The summed E-state index contributed by atoms with van der Waals surface area (Å²) in [5, 5.41) is 3.88. The largest absolute Gasteiger partial charge is 0.462 e. The van der Waals surface area contributed by atoms with Crippen molar-refractivity contribution >= 4 is 52.2 Å². The molecule has 0 aliphatic heterocycles. The van der Waals surface area contributed by atoms with Gasteiger partial charge in [0.05, 0.1) is 17.7 Å². The second-order valence-electron chi connectivity index (χ2n) is 6.57. The van der Waals surface area contributed by atoms with Gasteiger partial charge in [-0.15, -0.1) is 11.3 Å². The van der Waals surface area contributed by atoms with Gasteiger partial charge in [0, 0.05) is 23.4 Å². The second-order valence-corrected chi connectivity index (χ2v) is 8.69. The molecule has 34 heavy (non-hydrogen) atoms. The molecule has 2 N–H and O–H groups in total. The lowest BCUT2D eigenvalue weighted by atomic mass is 10.1. The molecule has 0 saturated carbocycles. The molecule has 0 aliphatic carbocycles. The van der Waals surface area contributed by atoms with Crippen molar-refractivity contribution in [1.29, 1.82) is 0 Å². The summed E-state index contributed by atoms with van der Waals surface area (Å²) in [6, 6.07) is 18.8. The van der Waals surface area contributed by atoms with Gasteiger partial charge in [-0.3, -0.25) is 4.79 Å². The molecule has 1 aromatic heterocycles. The monoisotopic (exact) mass is 500 g/mol. The van der Waals surface area contributed by atoms with Crippen molar-refractivity contribution in [2.24, 2.45) is 0 Å². The summed E-state index contributed by atoms with van der Waals surface area (Å²) in [5.74, 6) is 0.164. The van der Waals surface area contributed by atoms with Crippen LogP contribution in [-0.4, -0.2) is 44.2 Å². The summed E-state index contributed by atoms with van der Waals surface area (Å²) in [6.45, 7) is 4.01. The van der Waals surface area contributed by atoms with Crippen molar-refractivity contribution in [1.82, 2.24) is 0 Å². The molecular weight excluding hydrogens is 472 g/mol. The summed E-state index contributed by atoms with van der Waals surface area (Å²) in [4.78, 5) is 34.3. The first-order chi connectivity index (χ1) is 16.5. The van der Waals surface area contributed by atoms with E-state index in [2.05, 4.69) is 10.0 Å². The molecular formula is C25H28N2O5S2. The van der Waals surface area contributed by atoms with Gasteiger partial charge in [-0.2, -0.15) is 0 Å². The van der Waals surface area contributed by atoms with E-state index in [0.29, 0.717) is 24.0 Å². The molecule has 0 atom stereocenters. The van der Waals surface area contributed by atoms with Gasteiger partial charge in [0.25, 0.3) is 0 Å². The molecule has 3 rings (SSSR count). The van der Waals surface area contributed by atoms with Gasteiger partial charge < -0.3 is 19.5 Å². The van der Waals surface area contributed by atoms with E-state index in [1.807, 2.05) is 56.4 Å². The lowest BCUT2D eigenvalue weighted by molar-refractivity contribution is -0.110. The van der Waals surface area contributed by atoms with Gasteiger partial charge in [0.2, 0.25) is 0 Å². The van der Waals surface area contributed by atoms with Crippen LogP contribution in [0.25, 0.3) is 10.4 Å². The summed E-state index contributed by atoms with van der Waals surface area (Å²) in [5.41, 5.74) is 2.98. The fourth-order valence-corrected chi connectivity index (χ4v) is 4.18. The lowest BCUT2D eigenvalue weighted by Crippen LogP contribution is -2.07. The highest BCUT2D eigenvalue weighted by molar-refractivity contribution is 8.00. The van der Waals surface area contributed by atoms with Gasteiger partial charge in [-0.1, -0.05) is 55.3 Å². The van der Waals surface area contributed by atoms with Gasteiger partial charge in [-0.05, 0) is 36.8 Å². The van der Waals surface area contributed by atoms with Crippen molar-refractivity contribution in [3.63, 3.8) is 0 Å². The Morgan fingerprint density at radius 3 is 2.41 bits per heavy atom. The van der Waals surface area contributed by atoms with Gasteiger partial charge in [0.1, 0.15) is 11.6 Å². The molecule has 0 saturated heterocycles. The number of ether oxygens (including phenoxy) is 2. The Bertz CT molecular complexity index is 1070. The highest BCUT2D eigenvalue weighted by Crippen LogP contribution is 2.35. The standard InChI is InChI=1S/C14H15NO2S.C11H13NO3S/c1-3-17-14(16)11-9-12(18-13(11)15-2)10-7-5-4-6-8-10;1-2-16-12-10-5-3-4-9(8-10)11(14)15-7-6-13/h4-9,15H,3H2,1-2H3;3-6,8,12H,2,7H2,1H3. The first-order valence-corrected chi connectivity index (χ1v) is 12.5. The smallest absolute Gasteiger partial charge is 0.341 e. The number of anilines is 2. The highest BCUT2D eigenvalue weighted by Gasteiger charge is 2.17. The Kier molecular flexibility index (Phi) is 11.7. The van der Waals surface area contributed by atoms with Gasteiger partial charge in [-0.25, -0.2) is 9.59 Å². The third-order valence-corrected chi connectivity index (χ3v) is 6.10. The number of carbonyl (C=O) groups excluding carboxylic acids is 3. The fourth-order valence-electron chi connectivity index (χ4n) is 2.74. The molecule has 9 heteroatoms. The molecule has 0 bridgehead atoms. The van der Waals surface area contributed by atoms with E-state index >= 15 is 0 Å². The third-order valence-electron chi connectivity index (χ3n) is 4.23. The van der Waals surface area contributed by atoms with Crippen LogP contribution in [0, 0.1) is 0 Å². The Balaban J connectivity index is 0.000000242. The number of hydrogen-bond acceptors (Lipinski definition) is 9. The zero-order chi connectivity index (χ0) is 24.8. The first-order valence-electron chi connectivity index (χ1n) is 10.7. The van der Waals surface area contributed by atoms with E-state index in [-0.39, 0.29) is 12.6 Å². The van der Waals surface area contributed by atoms with Crippen molar-refractivity contribution < 1.29 is 23.9 Å². The normalized spacial score (nSPS) is 9.85. The minimum Gasteiger partial charge on any atom is -0.462 e. The van der Waals surface area contributed by atoms with Crippen LogP contribution in [-0.2, 0) is 14.3 Å². The highest BCUT2D eigenvalue weighted by atomic mass is 32.2. The van der Waals surface area contributed by atoms with Crippen LogP contribution in [0.1, 0.15) is 34.6 Å². The van der Waals surface area contributed by atoms with Crippen molar-refractivity contribution in [2.75, 3.05) is 36.1 Å². The lowest BCUT2D eigenvalue weighted by Gasteiger charge is -2.05. The van der Waals surface area contributed by atoms with E-state index in [1.54, 1.807) is 48.4 Å². The van der Waals surface area contributed by atoms with Crippen molar-refractivity contribution in [2.45, 2.75) is 13.8 Å². The van der Waals surface area contributed by atoms with Crippen LogP contribution in [0.15, 0.2) is 60.7 Å². The molecule has 0 spiro atoms. The Morgan fingerprint density at radius 2 is 1.76 bits per heavy atom. The third kappa shape index (κ3) is 8.24. The van der Waals surface area contributed by atoms with E-state index in [0.717, 1.165) is 26.9 Å². The minimum absolute atomic E-state index is 0.208. The Labute approximate surface area is 208 Å². The van der Waals surface area contributed by atoms with E-state index < -0.39 is 5.97 Å². The number of rotatable bonds is 10. The number of thiophene rings is 1. The number of hydrogen-bond donors (Lipinski definition) is 2. The van der Waals surface area contributed by atoms with Crippen molar-refractivity contribution in [3.05, 3.63) is 71.8 Å². The van der Waals surface area contributed by atoms with E-state index in [4.69, 9.17) is 9.47 Å². The number of benzene rings is 2. The molecule has 0 unspecified atom stereocenters. The average Bonchev–Trinajstić information content (AvgIpc) is 3.32. The summed E-state index contributed by atoms with van der Waals surface area (Å²) < 4.78 is 12.8. The maximum Gasteiger partial charge on any atom is 0.341 e. The Morgan fingerprint density at radius 1 is 1.00 bits per heavy atom. The minimum atomic E-state index is -0.489. The molecule has 0 fully saturated rings. The fraction of sp³-hybridized carbons (Fsp3) is 0.240. The predicted molar refractivity (Wildman–Crippen MR) is 140 cm³/mol. The van der Waals surface area contributed by atoms with Crippen LogP contribution < -0.4 is 10.0 Å². The average molecular weight is 501 g/mol. The molecule has 0 amide bonds. The number of aldehydes is 1. The topological polar surface area (TPSA) is 93.7 Å². The molecule has 180 valence electrons. The summed E-state index contributed by atoms with van der Waals surface area (Å²) in [7, 11) is 1.81. The second kappa shape index (κ2) is 14.8. The van der Waals surface area contributed by atoms with Crippen LogP contribution >= 0.6 is 23.3 Å². The SMILES string of the molecule is CCOC(=O)c1cc(-c2ccccc2)sc1NC.CCSNc1cccc(C(=O)OCC=O)c1. The predicted octanol–water partition coefficient (Wildman–Crippen LogP) is 5.76. The van der Waals surface area contributed by atoms with Crippen LogP contribution in [0.4, 0.5) is 10.7 Å². The molecule has 0 aliphatic rings. The molecule has 1 heterocycles. The zero-order valence-electron chi connectivity index (χ0n) is 19.3. The molecule has 2 aromatic carbocycles.